The van der Waals surface area contributed by atoms with Gasteiger partial charge in [0, 0.05) is 6.54 Å². The average Bonchev–Trinajstić information content (AvgIpc) is 2.15. The number of hydrogen-bond acceptors (Lipinski definition) is 3. The molecule has 0 radical (unpaired) electrons. The number of methoxy groups -OCH3 is 1. The van der Waals surface area contributed by atoms with Gasteiger partial charge in [-0.3, -0.25) is 9.69 Å². The largest absolute Gasteiger partial charge is 0.480 e. The molecule has 14 heavy (non-hydrogen) atoms. The summed E-state index contributed by atoms with van der Waals surface area (Å²) in [7, 11) is 1.25. The normalized spacial score (nSPS) is 9.57. The third-order valence-corrected chi connectivity index (χ3v) is 1.79. The first kappa shape index (κ1) is 12.7. The van der Waals surface area contributed by atoms with Gasteiger partial charge in [0.05, 0.1) is 7.11 Å². The van der Waals surface area contributed by atoms with Gasteiger partial charge in [0.1, 0.15) is 6.54 Å². The molecule has 0 aliphatic carbocycles. The molecule has 0 aromatic heterocycles. The second kappa shape index (κ2) is 7.17. The molecular weight excluding hydrogens is 186 g/mol. The van der Waals surface area contributed by atoms with Crippen LogP contribution in [0.3, 0.4) is 0 Å². The van der Waals surface area contributed by atoms with Gasteiger partial charge in [-0.2, -0.15) is 0 Å². The third kappa shape index (κ3) is 5.40. The molecule has 1 amide bonds. The number of carboxylic acids is 1. The Bertz CT molecular complexity index is 193. The molecule has 0 bridgehead atoms. The number of ether oxygens (including phenoxy) is 1. The minimum atomic E-state index is -1.02. The lowest BCUT2D eigenvalue weighted by atomic mass is 10.2. The highest BCUT2D eigenvalue weighted by molar-refractivity contribution is 5.76. The fraction of sp³-hybridized carbons (Fsp3) is 0.778. The average molecular weight is 203 g/mol. The van der Waals surface area contributed by atoms with E-state index in [0.29, 0.717) is 6.54 Å². The molecule has 0 saturated carbocycles. The van der Waals surface area contributed by atoms with E-state index in [4.69, 9.17) is 5.11 Å². The predicted molar refractivity (Wildman–Crippen MR) is 51.1 cm³/mol. The molecule has 5 nitrogen and oxygen atoms in total. The molecule has 0 aliphatic heterocycles. The molecular formula is C9H17NO4. The molecule has 0 atom stereocenters. The van der Waals surface area contributed by atoms with E-state index in [9.17, 15) is 9.59 Å². The Morgan fingerprint density at radius 2 is 2.00 bits per heavy atom. The topological polar surface area (TPSA) is 66.8 Å². The van der Waals surface area contributed by atoms with E-state index in [2.05, 4.69) is 4.74 Å². The number of carboxylic acid groups (broad SMARTS) is 1. The highest BCUT2D eigenvalue weighted by atomic mass is 16.5. The Labute approximate surface area is 83.6 Å². The minimum absolute atomic E-state index is 0.295. The maximum absolute atomic E-state index is 11.1. The van der Waals surface area contributed by atoms with Gasteiger partial charge < -0.3 is 9.84 Å². The van der Waals surface area contributed by atoms with E-state index in [0.717, 1.165) is 19.3 Å². The van der Waals surface area contributed by atoms with Crippen LogP contribution in [0.25, 0.3) is 0 Å². The maximum Gasteiger partial charge on any atom is 0.410 e. The molecule has 0 aromatic carbocycles. The van der Waals surface area contributed by atoms with Gasteiger partial charge in [-0.05, 0) is 6.42 Å². The summed E-state index contributed by atoms with van der Waals surface area (Å²) < 4.78 is 4.47. The summed E-state index contributed by atoms with van der Waals surface area (Å²) in [6, 6.07) is 0. The van der Waals surface area contributed by atoms with Crippen LogP contribution in [-0.4, -0.2) is 42.3 Å². The van der Waals surface area contributed by atoms with Crippen molar-refractivity contribution in [2.45, 2.75) is 26.2 Å². The van der Waals surface area contributed by atoms with Crippen LogP contribution < -0.4 is 0 Å². The van der Waals surface area contributed by atoms with Gasteiger partial charge in [0.25, 0.3) is 0 Å². The number of nitrogens with zero attached hydrogens (tertiary/aromatic N) is 1. The van der Waals surface area contributed by atoms with Gasteiger partial charge in [-0.1, -0.05) is 19.8 Å². The van der Waals surface area contributed by atoms with Crippen molar-refractivity contribution in [3.63, 3.8) is 0 Å². The SMILES string of the molecule is CCCCCN(CC(=O)O)C(=O)OC. The second-order valence-electron chi connectivity index (χ2n) is 2.99. The zero-order chi connectivity index (χ0) is 11.0. The lowest BCUT2D eigenvalue weighted by Gasteiger charge is -2.18. The van der Waals surface area contributed by atoms with Crippen molar-refractivity contribution < 1.29 is 19.4 Å². The van der Waals surface area contributed by atoms with Crippen LogP contribution in [0.5, 0.6) is 0 Å². The van der Waals surface area contributed by atoms with Gasteiger partial charge in [0.15, 0.2) is 0 Å². The number of amides is 1. The summed E-state index contributed by atoms with van der Waals surface area (Å²) in [5, 5.41) is 8.54. The quantitative estimate of drug-likeness (QED) is 0.661. The predicted octanol–water partition coefficient (Wildman–Crippen LogP) is 1.33. The standard InChI is InChI=1S/C9H17NO4/c1-3-4-5-6-10(7-8(11)12)9(13)14-2/h3-7H2,1-2H3,(H,11,12). The lowest BCUT2D eigenvalue weighted by molar-refractivity contribution is -0.137. The first-order valence-electron chi connectivity index (χ1n) is 4.66. The van der Waals surface area contributed by atoms with Gasteiger partial charge in [0.2, 0.25) is 0 Å². The molecule has 82 valence electrons. The molecule has 0 spiro atoms. The maximum atomic E-state index is 11.1. The van der Waals surface area contributed by atoms with Crippen LogP contribution in [0.15, 0.2) is 0 Å². The highest BCUT2D eigenvalue weighted by Gasteiger charge is 2.15. The fourth-order valence-electron chi connectivity index (χ4n) is 1.08. The molecule has 0 unspecified atom stereocenters. The van der Waals surface area contributed by atoms with E-state index >= 15 is 0 Å². The highest BCUT2D eigenvalue weighted by Crippen LogP contribution is 2.00. The smallest absolute Gasteiger partial charge is 0.410 e. The number of rotatable bonds is 6. The van der Waals surface area contributed by atoms with E-state index < -0.39 is 12.1 Å². The van der Waals surface area contributed by atoms with E-state index in [1.165, 1.54) is 12.0 Å². The van der Waals surface area contributed by atoms with Crippen molar-refractivity contribution >= 4 is 12.1 Å². The molecule has 0 heterocycles. The molecule has 1 N–H and O–H groups in total. The summed E-state index contributed by atoms with van der Waals surface area (Å²) in [5.74, 6) is -1.02. The zero-order valence-electron chi connectivity index (χ0n) is 8.65. The molecule has 0 aromatic rings. The first-order valence-corrected chi connectivity index (χ1v) is 4.66. The van der Waals surface area contributed by atoms with Crippen molar-refractivity contribution in [1.29, 1.82) is 0 Å². The van der Waals surface area contributed by atoms with Gasteiger partial charge >= 0.3 is 12.1 Å². The fourth-order valence-corrected chi connectivity index (χ4v) is 1.08. The Hall–Kier alpha value is -1.26. The van der Waals surface area contributed by atoms with Crippen molar-refractivity contribution in [2.75, 3.05) is 20.2 Å². The van der Waals surface area contributed by atoms with Crippen molar-refractivity contribution in [2.24, 2.45) is 0 Å². The second-order valence-corrected chi connectivity index (χ2v) is 2.99. The van der Waals surface area contributed by atoms with Crippen LogP contribution in [-0.2, 0) is 9.53 Å². The summed E-state index contributed by atoms with van der Waals surface area (Å²) in [5.41, 5.74) is 0. The van der Waals surface area contributed by atoms with Crippen LogP contribution in [0.2, 0.25) is 0 Å². The summed E-state index contributed by atoms with van der Waals surface area (Å²) >= 11 is 0. The third-order valence-electron chi connectivity index (χ3n) is 1.79. The Morgan fingerprint density at radius 1 is 1.36 bits per heavy atom. The number of carbonyl (C=O) groups is 2. The number of carbonyl (C=O) groups excluding carboxylic acids is 1. The van der Waals surface area contributed by atoms with E-state index in [1.54, 1.807) is 0 Å². The number of aliphatic carboxylic acids is 1. The Kier molecular flexibility index (Phi) is 6.53. The summed E-state index contributed by atoms with van der Waals surface area (Å²) in [6.07, 6.45) is 2.23. The Morgan fingerprint density at radius 3 is 2.43 bits per heavy atom. The van der Waals surface area contributed by atoms with Crippen molar-refractivity contribution in [3.8, 4) is 0 Å². The molecule has 0 rings (SSSR count). The monoisotopic (exact) mass is 203 g/mol. The number of unbranched alkanes of at least 4 members (excludes halogenated alkanes) is 2. The minimum Gasteiger partial charge on any atom is -0.480 e. The van der Waals surface area contributed by atoms with Crippen LogP contribution in [0, 0.1) is 0 Å². The van der Waals surface area contributed by atoms with E-state index in [1.807, 2.05) is 6.92 Å². The number of hydrogen-bond donors (Lipinski definition) is 1. The van der Waals surface area contributed by atoms with Crippen LogP contribution in [0.4, 0.5) is 4.79 Å². The summed E-state index contributed by atoms with van der Waals surface area (Å²) in [4.78, 5) is 22.7. The van der Waals surface area contributed by atoms with E-state index in [-0.39, 0.29) is 6.54 Å². The lowest BCUT2D eigenvalue weighted by Crippen LogP contribution is -2.36. The zero-order valence-corrected chi connectivity index (χ0v) is 8.65. The first-order chi connectivity index (χ1) is 6.61. The molecule has 0 aliphatic rings. The van der Waals surface area contributed by atoms with Crippen LogP contribution >= 0.6 is 0 Å². The van der Waals surface area contributed by atoms with Crippen LogP contribution in [0.1, 0.15) is 26.2 Å². The molecule has 0 saturated heterocycles. The van der Waals surface area contributed by atoms with Crippen molar-refractivity contribution in [1.82, 2.24) is 4.90 Å². The van der Waals surface area contributed by atoms with Crippen molar-refractivity contribution in [3.05, 3.63) is 0 Å². The van der Waals surface area contributed by atoms with Gasteiger partial charge in [-0.25, -0.2) is 4.79 Å². The molecule has 5 heteroatoms. The Balaban J connectivity index is 3.97. The summed E-state index contributed by atoms with van der Waals surface area (Å²) in [6.45, 7) is 2.18. The molecule has 0 fully saturated rings. The van der Waals surface area contributed by atoms with Gasteiger partial charge in [-0.15, -0.1) is 0 Å².